The largest absolute Gasteiger partial charge is 0.465 e. The number of amides is 1. The number of ether oxygens (including phenoxy) is 1. The number of nitrogens with one attached hydrogen (secondary N) is 1. The van der Waals surface area contributed by atoms with E-state index in [1.165, 1.54) is 5.56 Å². The van der Waals surface area contributed by atoms with Crippen LogP contribution >= 0.6 is 0 Å². The molecule has 1 amide bonds. The van der Waals surface area contributed by atoms with Crippen molar-refractivity contribution >= 4 is 17.6 Å². The zero-order chi connectivity index (χ0) is 19.6. The zero-order valence-electron chi connectivity index (χ0n) is 16.3. The van der Waals surface area contributed by atoms with E-state index in [1.54, 1.807) is 11.8 Å². The summed E-state index contributed by atoms with van der Waals surface area (Å²) in [7, 11) is 0. The van der Waals surface area contributed by atoms with E-state index in [2.05, 4.69) is 17.4 Å². The van der Waals surface area contributed by atoms with Crippen molar-refractivity contribution in [1.29, 1.82) is 0 Å². The van der Waals surface area contributed by atoms with Gasteiger partial charge in [-0.25, -0.2) is 0 Å². The Kier molecular flexibility index (Phi) is 8.01. The molecular formula is C22H28N2O3. The number of hydrogen-bond acceptors (Lipinski definition) is 4. The molecule has 2 rings (SSSR count). The lowest BCUT2D eigenvalue weighted by atomic mass is 10.0. The van der Waals surface area contributed by atoms with Gasteiger partial charge in [0.1, 0.15) is 0 Å². The fraction of sp³-hybridized carbons (Fsp3) is 0.364. The maximum Gasteiger partial charge on any atom is 0.320 e. The second-order valence-corrected chi connectivity index (χ2v) is 6.67. The third-order valence-electron chi connectivity index (χ3n) is 4.24. The molecule has 5 heteroatoms. The Balaban J connectivity index is 2.03. The minimum Gasteiger partial charge on any atom is -0.465 e. The standard InChI is InChI=1S/C22H28N2O3/c1-4-27-22(26)16-24(17(2)3)15-21(25)23-20-13-9-8-12-19(20)14-18-10-6-5-7-11-18/h5-13,17H,4,14-16H2,1-3H3,(H,23,25). The summed E-state index contributed by atoms with van der Waals surface area (Å²) in [5.74, 6) is -0.461. The summed E-state index contributed by atoms with van der Waals surface area (Å²) < 4.78 is 5.00. The van der Waals surface area contributed by atoms with Gasteiger partial charge < -0.3 is 10.1 Å². The Bertz CT molecular complexity index is 744. The predicted molar refractivity (Wildman–Crippen MR) is 108 cm³/mol. The molecule has 0 aliphatic rings. The molecule has 0 saturated carbocycles. The summed E-state index contributed by atoms with van der Waals surface area (Å²) >= 11 is 0. The highest BCUT2D eigenvalue weighted by atomic mass is 16.5. The third kappa shape index (κ3) is 6.87. The summed E-state index contributed by atoms with van der Waals surface area (Å²) in [5, 5.41) is 2.99. The van der Waals surface area contributed by atoms with Gasteiger partial charge in [-0.2, -0.15) is 0 Å². The molecule has 5 nitrogen and oxygen atoms in total. The molecule has 0 aliphatic carbocycles. The number of carbonyl (C=O) groups is 2. The maximum absolute atomic E-state index is 12.6. The van der Waals surface area contributed by atoms with Crippen LogP contribution in [0.3, 0.4) is 0 Å². The third-order valence-corrected chi connectivity index (χ3v) is 4.24. The maximum atomic E-state index is 12.6. The molecule has 2 aromatic carbocycles. The van der Waals surface area contributed by atoms with Crippen LogP contribution in [0, 0.1) is 0 Å². The molecule has 0 saturated heterocycles. The first kappa shape index (κ1) is 20.6. The van der Waals surface area contributed by atoms with Gasteiger partial charge in [0.25, 0.3) is 0 Å². The highest BCUT2D eigenvalue weighted by molar-refractivity contribution is 5.93. The quantitative estimate of drug-likeness (QED) is 0.689. The van der Waals surface area contributed by atoms with Gasteiger partial charge in [-0.1, -0.05) is 48.5 Å². The van der Waals surface area contributed by atoms with Crippen LogP contribution in [0.25, 0.3) is 0 Å². The minimum atomic E-state index is -0.316. The van der Waals surface area contributed by atoms with Crippen LogP contribution < -0.4 is 5.32 Å². The Morgan fingerprint density at radius 2 is 1.67 bits per heavy atom. The van der Waals surface area contributed by atoms with Crippen molar-refractivity contribution in [2.75, 3.05) is 25.0 Å². The van der Waals surface area contributed by atoms with E-state index in [9.17, 15) is 9.59 Å². The van der Waals surface area contributed by atoms with E-state index < -0.39 is 0 Å². The van der Waals surface area contributed by atoms with E-state index in [1.807, 2.05) is 56.3 Å². The molecular weight excluding hydrogens is 340 g/mol. The Morgan fingerprint density at radius 1 is 1.00 bits per heavy atom. The molecule has 0 spiro atoms. The van der Waals surface area contributed by atoms with Gasteiger partial charge in [0.05, 0.1) is 19.7 Å². The SMILES string of the molecule is CCOC(=O)CN(CC(=O)Nc1ccccc1Cc1ccccc1)C(C)C. The number of rotatable bonds is 9. The first-order valence-corrected chi connectivity index (χ1v) is 9.31. The fourth-order valence-electron chi connectivity index (χ4n) is 2.78. The minimum absolute atomic E-state index is 0.0553. The second kappa shape index (κ2) is 10.5. The molecule has 0 aromatic heterocycles. The summed E-state index contributed by atoms with van der Waals surface area (Å²) in [6, 6.07) is 18.0. The van der Waals surface area contributed by atoms with Crippen LogP contribution in [0.15, 0.2) is 54.6 Å². The van der Waals surface area contributed by atoms with E-state index in [-0.39, 0.29) is 31.0 Å². The molecule has 0 radical (unpaired) electrons. The topological polar surface area (TPSA) is 58.6 Å². The number of para-hydroxylation sites is 1. The summed E-state index contributed by atoms with van der Waals surface area (Å²) in [6.45, 7) is 6.25. The lowest BCUT2D eigenvalue weighted by molar-refractivity contribution is -0.145. The monoisotopic (exact) mass is 368 g/mol. The lowest BCUT2D eigenvalue weighted by Gasteiger charge is -2.24. The van der Waals surface area contributed by atoms with Crippen molar-refractivity contribution in [2.24, 2.45) is 0 Å². The van der Waals surface area contributed by atoms with Crippen molar-refractivity contribution in [1.82, 2.24) is 4.90 Å². The number of esters is 1. The van der Waals surface area contributed by atoms with E-state index >= 15 is 0 Å². The van der Waals surface area contributed by atoms with Crippen molar-refractivity contribution in [3.8, 4) is 0 Å². The molecule has 1 N–H and O–H groups in total. The summed E-state index contributed by atoms with van der Waals surface area (Å²) in [5.41, 5.74) is 3.04. The van der Waals surface area contributed by atoms with Crippen LogP contribution in [-0.2, 0) is 20.7 Å². The molecule has 2 aromatic rings. The highest BCUT2D eigenvalue weighted by Crippen LogP contribution is 2.19. The molecule has 0 atom stereocenters. The van der Waals surface area contributed by atoms with Crippen LogP contribution in [0.1, 0.15) is 31.9 Å². The Morgan fingerprint density at radius 3 is 2.33 bits per heavy atom. The first-order chi connectivity index (χ1) is 13.0. The van der Waals surface area contributed by atoms with Gasteiger partial charge in [0, 0.05) is 11.7 Å². The summed E-state index contributed by atoms with van der Waals surface area (Å²) in [4.78, 5) is 26.1. The molecule has 144 valence electrons. The lowest BCUT2D eigenvalue weighted by Crippen LogP contribution is -2.41. The van der Waals surface area contributed by atoms with Crippen molar-refractivity contribution < 1.29 is 14.3 Å². The van der Waals surface area contributed by atoms with Crippen LogP contribution in [0.2, 0.25) is 0 Å². The molecule has 27 heavy (non-hydrogen) atoms. The Hall–Kier alpha value is -2.66. The summed E-state index contributed by atoms with van der Waals surface area (Å²) in [6.07, 6.45) is 0.744. The fourth-order valence-corrected chi connectivity index (χ4v) is 2.78. The highest BCUT2D eigenvalue weighted by Gasteiger charge is 2.18. The van der Waals surface area contributed by atoms with Gasteiger partial charge in [-0.05, 0) is 44.4 Å². The van der Waals surface area contributed by atoms with Crippen molar-refractivity contribution in [2.45, 2.75) is 33.2 Å². The van der Waals surface area contributed by atoms with Gasteiger partial charge in [0.2, 0.25) is 5.91 Å². The van der Waals surface area contributed by atoms with Crippen LogP contribution in [-0.4, -0.2) is 42.5 Å². The molecule has 0 aliphatic heterocycles. The molecule has 0 fully saturated rings. The van der Waals surface area contributed by atoms with Crippen LogP contribution in [0.4, 0.5) is 5.69 Å². The number of benzene rings is 2. The van der Waals surface area contributed by atoms with Crippen molar-refractivity contribution in [3.05, 3.63) is 65.7 Å². The Labute approximate surface area is 161 Å². The predicted octanol–water partition coefficient (Wildman–Crippen LogP) is 3.49. The van der Waals surface area contributed by atoms with Crippen molar-refractivity contribution in [3.63, 3.8) is 0 Å². The number of hydrogen-bond donors (Lipinski definition) is 1. The normalized spacial score (nSPS) is 10.9. The smallest absolute Gasteiger partial charge is 0.320 e. The van der Waals surface area contributed by atoms with E-state index in [0.717, 1.165) is 17.7 Å². The zero-order valence-corrected chi connectivity index (χ0v) is 16.3. The average molecular weight is 368 g/mol. The number of anilines is 1. The number of carbonyl (C=O) groups excluding carboxylic acids is 2. The van der Waals surface area contributed by atoms with E-state index in [4.69, 9.17) is 4.74 Å². The molecule has 0 heterocycles. The average Bonchev–Trinajstić information content (AvgIpc) is 2.64. The van der Waals surface area contributed by atoms with Gasteiger partial charge >= 0.3 is 5.97 Å². The van der Waals surface area contributed by atoms with Gasteiger partial charge in [-0.15, -0.1) is 0 Å². The molecule has 0 unspecified atom stereocenters. The van der Waals surface area contributed by atoms with Gasteiger partial charge in [-0.3, -0.25) is 14.5 Å². The second-order valence-electron chi connectivity index (χ2n) is 6.67. The van der Waals surface area contributed by atoms with Gasteiger partial charge in [0.15, 0.2) is 0 Å². The van der Waals surface area contributed by atoms with E-state index in [0.29, 0.717) is 6.61 Å². The van der Waals surface area contributed by atoms with Crippen LogP contribution in [0.5, 0.6) is 0 Å². The molecule has 0 bridgehead atoms. The first-order valence-electron chi connectivity index (χ1n) is 9.31. The number of nitrogens with zero attached hydrogens (tertiary/aromatic N) is 1.